The van der Waals surface area contributed by atoms with Crippen LogP contribution in [0, 0.1) is 0 Å². The molecule has 22 heavy (non-hydrogen) atoms. The van der Waals surface area contributed by atoms with Crippen LogP contribution in [-0.2, 0) is 4.79 Å². The first-order valence-corrected chi connectivity index (χ1v) is 7.74. The van der Waals surface area contributed by atoms with Crippen LogP contribution in [-0.4, -0.2) is 12.5 Å². The minimum Gasteiger partial charge on any atom is -0.325 e. The van der Waals surface area contributed by atoms with Gasteiger partial charge in [-0.25, -0.2) is 0 Å². The molecule has 2 aromatic rings. The fourth-order valence-electron chi connectivity index (χ4n) is 2.26. The highest BCUT2D eigenvalue weighted by atomic mass is 16.1. The van der Waals surface area contributed by atoms with Crippen LogP contribution in [0.4, 0.5) is 5.69 Å². The van der Waals surface area contributed by atoms with Crippen molar-refractivity contribution in [2.45, 2.75) is 32.7 Å². The van der Waals surface area contributed by atoms with E-state index in [1.807, 2.05) is 30.3 Å². The lowest BCUT2D eigenvalue weighted by Gasteiger charge is -2.14. The van der Waals surface area contributed by atoms with E-state index < -0.39 is 0 Å². The Labute approximate surface area is 132 Å². The second kappa shape index (κ2) is 7.76. The first-order chi connectivity index (χ1) is 10.6. The number of anilines is 1. The number of hydrogen-bond acceptors (Lipinski definition) is 2. The largest absolute Gasteiger partial charge is 0.325 e. The van der Waals surface area contributed by atoms with Crippen LogP contribution in [0.25, 0.3) is 0 Å². The van der Waals surface area contributed by atoms with E-state index in [0.717, 1.165) is 5.69 Å². The average molecular weight is 296 g/mol. The summed E-state index contributed by atoms with van der Waals surface area (Å²) in [5.41, 5.74) is 3.29. The third kappa shape index (κ3) is 4.71. The Balaban J connectivity index is 1.83. The summed E-state index contributed by atoms with van der Waals surface area (Å²) in [5, 5.41) is 6.15. The number of benzene rings is 2. The number of carbonyl (C=O) groups is 1. The van der Waals surface area contributed by atoms with Crippen LogP contribution in [0.2, 0.25) is 0 Å². The van der Waals surface area contributed by atoms with Crippen molar-refractivity contribution in [2.24, 2.45) is 0 Å². The quantitative estimate of drug-likeness (QED) is 0.842. The van der Waals surface area contributed by atoms with Gasteiger partial charge < -0.3 is 10.6 Å². The van der Waals surface area contributed by atoms with Crippen molar-refractivity contribution in [2.75, 3.05) is 11.9 Å². The normalized spacial score (nSPS) is 12.2. The van der Waals surface area contributed by atoms with Crippen molar-refractivity contribution in [3.63, 3.8) is 0 Å². The Kier molecular flexibility index (Phi) is 5.73. The number of carbonyl (C=O) groups excluding carboxylic acids is 1. The van der Waals surface area contributed by atoms with Crippen LogP contribution < -0.4 is 10.6 Å². The summed E-state index contributed by atoms with van der Waals surface area (Å²) in [6.07, 6.45) is 0. The van der Waals surface area contributed by atoms with E-state index in [1.165, 1.54) is 11.1 Å². The van der Waals surface area contributed by atoms with Gasteiger partial charge in [0.15, 0.2) is 0 Å². The molecule has 0 spiro atoms. The van der Waals surface area contributed by atoms with E-state index in [2.05, 4.69) is 55.7 Å². The van der Waals surface area contributed by atoms with Gasteiger partial charge in [-0.05, 0) is 36.1 Å². The monoisotopic (exact) mass is 296 g/mol. The van der Waals surface area contributed by atoms with Gasteiger partial charge in [-0.15, -0.1) is 0 Å². The molecular formula is C19H24N2O. The van der Waals surface area contributed by atoms with Gasteiger partial charge in [0.05, 0.1) is 6.54 Å². The summed E-state index contributed by atoms with van der Waals surface area (Å²) in [7, 11) is 0. The molecule has 0 heterocycles. The third-order valence-electron chi connectivity index (χ3n) is 3.73. The number of amides is 1. The van der Waals surface area contributed by atoms with Gasteiger partial charge in [-0.2, -0.15) is 0 Å². The van der Waals surface area contributed by atoms with Gasteiger partial charge in [0.1, 0.15) is 0 Å². The molecule has 0 radical (unpaired) electrons. The summed E-state index contributed by atoms with van der Waals surface area (Å²) < 4.78 is 0. The van der Waals surface area contributed by atoms with Crippen molar-refractivity contribution < 1.29 is 4.79 Å². The molecule has 0 aliphatic rings. The zero-order valence-corrected chi connectivity index (χ0v) is 13.5. The van der Waals surface area contributed by atoms with E-state index in [1.54, 1.807) is 0 Å². The molecule has 1 unspecified atom stereocenters. The van der Waals surface area contributed by atoms with Gasteiger partial charge in [-0.1, -0.05) is 56.3 Å². The molecule has 0 aliphatic carbocycles. The molecule has 3 nitrogen and oxygen atoms in total. The molecule has 0 fully saturated rings. The smallest absolute Gasteiger partial charge is 0.238 e. The minimum atomic E-state index is -0.0277. The first kappa shape index (κ1) is 16.2. The Morgan fingerprint density at radius 3 is 2.14 bits per heavy atom. The zero-order valence-electron chi connectivity index (χ0n) is 13.5. The van der Waals surface area contributed by atoms with Crippen LogP contribution in [0.15, 0.2) is 54.6 Å². The predicted octanol–water partition coefficient (Wildman–Crippen LogP) is 4.10. The van der Waals surface area contributed by atoms with Gasteiger partial charge in [0.25, 0.3) is 0 Å². The van der Waals surface area contributed by atoms with E-state index in [4.69, 9.17) is 0 Å². The van der Waals surface area contributed by atoms with Crippen molar-refractivity contribution in [3.05, 3.63) is 65.7 Å². The van der Waals surface area contributed by atoms with Gasteiger partial charge in [-0.3, -0.25) is 4.79 Å². The predicted molar refractivity (Wildman–Crippen MR) is 92.0 cm³/mol. The highest BCUT2D eigenvalue weighted by Gasteiger charge is 2.07. The summed E-state index contributed by atoms with van der Waals surface area (Å²) >= 11 is 0. The molecule has 2 aromatic carbocycles. The topological polar surface area (TPSA) is 41.1 Å². The molecule has 0 bridgehead atoms. The second-order valence-corrected chi connectivity index (χ2v) is 5.84. The van der Waals surface area contributed by atoms with E-state index in [9.17, 15) is 4.79 Å². The lowest BCUT2D eigenvalue weighted by molar-refractivity contribution is -0.115. The molecule has 3 heteroatoms. The van der Waals surface area contributed by atoms with Gasteiger partial charge >= 0.3 is 0 Å². The minimum absolute atomic E-state index is 0.0277. The SMILES string of the molecule is CC(C)c1ccc(NC(=O)CNC(C)c2ccccc2)cc1. The van der Waals surface area contributed by atoms with Crippen molar-refractivity contribution in [3.8, 4) is 0 Å². The van der Waals surface area contributed by atoms with Crippen LogP contribution in [0.3, 0.4) is 0 Å². The number of hydrogen-bond donors (Lipinski definition) is 2. The molecule has 0 aliphatic heterocycles. The fraction of sp³-hybridized carbons (Fsp3) is 0.316. The highest BCUT2D eigenvalue weighted by Crippen LogP contribution is 2.17. The Bertz CT molecular complexity index is 591. The Morgan fingerprint density at radius 2 is 1.55 bits per heavy atom. The third-order valence-corrected chi connectivity index (χ3v) is 3.73. The maximum atomic E-state index is 12.0. The average Bonchev–Trinajstić information content (AvgIpc) is 2.54. The number of rotatable bonds is 6. The highest BCUT2D eigenvalue weighted by molar-refractivity contribution is 5.92. The second-order valence-electron chi connectivity index (χ2n) is 5.84. The summed E-state index contributed by atoms with van der Waals surface area (Å²) in [4.78, 5) is 12.0. The van der Waals surface area contributed by atoms with Crippen LogP contribution in [0.1, 0.15) is 43.9 Å². The molecule has 116 valence electrons. The summed E-state index contributed by atoms with van der Waals surface area (Å²) in [6, 6.07) is 18.3. The van der Waals surface area contributed by atoms with Crippen LogP contribution in [0.5, 0.6) is 0 Å². The standard InChI is InChI=1S/C19H24N2O/c1-14(2)16-9-11-18(12-10-16)21-19(22)13-20-15(3)17-7-5-4-6-8-17/h4-12,14-15,20H,13H2,1-3H3,(H,21,22). The molecule has 0 saturated heterocycles. The fourth-order valence-corrected chi connectivity index (χ4v) is 2.26. The molecule has 0 aromatic heterocycles. The number of nitrogens with one attached hydrogen (secondary N) is 2. The van der Waals surface area contributed by atoms with E-state index >= 15 is 0 Å². The van der Waals surface area contributed by atoms with E-state index in [0.29, 0.717) is 12.5 Å². The van der Waals surface area contributed by atoms with Crippen molar-refractivity contribution >= 4 is 11.6 Å². The molecule has 1 amide bonds. The molecular weight excluding hydrogens is 272 g/mol. The molecule has 1 atom stereocenters. The van der Waals surface area contributed by atoms with Crippen LogP contribution >= 0.6 is 0 Å². The Hall–Kier alpha value is -2.13. The van der Waals surface area contributed by atoms with Gasteiger partial charge in [0.2, 0.25) is 5.91 Å². The Morgan fingerprint density at radius 1 is 0.909 bits per heavy atom. The maximum Gasteiger partial charge on any atom is 0.238 e. The first-order valence-electron chi connectivity index (χ1n) is 7.74. The lowest BCUT2D eigenvalue weighted by Crippen LogP contribution is -2.30. The van der Waals surface area contributed by atoms with Crippen molar-refractivity contribution in [1.82, 2.24) is 5.32 Å². The van der Waals surface area contributed by atoms with E-state index in [-0.39, 0.29) is 11.9 Å². The molecule has 0 saturated carbocycles. The molecule has 2 N–H and O–H groups in total. The summed E-state index contributed by atoms with van der Waals surface area (Å²) in [5.74, 6) is 0.471. The van der Waals surface area contributed by atoms with Crippen molar-refractivity contribution in [1.29, 1.82) is 0 Å². The lowest BCUT2D eigenvalue weighted by atomic mass is 10.0. The van der Waals surface area contributed by atoms with Gasteiger partial charge in [0, 0.05) is 11.7 Å². The zero-order chi connectivity index (χ0) is 15.9. The maximum absolute atomic E-state index is 12.0. The molecule has 2 rings (SSSR count). The summed E-state index contributed by atoms with van der Waals surface area (Å²) in [6.45, 7) is 6.66.